The van der Waals surface area contributed by atoms with Crippen LogP contribution < -0.4 is 5.32 Å². The Bertz CT molecular complexity index is 125. The smallest absolute Gasteiger partial charge is 0.156 e. The predicted molar refractivity (Wildman–Crippen MR) is 40.6 cm³/mol. The van der Waals surface area contributed by atoms with E-state index in [1.807, 2.05) is 13.8 Å². The molecule has 2 heteroatoms. The van der Waals surface area contributed by atoms with Gasteiger partial charge in [-0.25, -0.2) is 0 Å². The molecule has 0 bridgehead atoms. The maximum absolute atomic E-state index is 11.2. The van der Waals surface area contributed by atoms with Crippen molar-refractivity contribution in [2.45, 2.75) is 32.7 Å². The van der Waals surface area contributed by atoms with Gasteiger partial charge in [0.25, 0.3) is 0 Å². The van der Waals surface area contributed by atoms with Crippen LogP contribution in [0.4, 0.5) is 0 Å². The number of carbonyl (C=O) groups is 1. The van der Waals surface area contributed by atoms with E-state index in [1.165, 1.54) is 0 Å². The topological polar surface area (TPSA) is 29.1 Å². The van der Waals surface area contributed by atoms with Crippen molar-refractivity contribution in [2.75, 3.05) is 6.54 Å². The summed E-state index contributed by atoms with van der Waals surface area (Å²) in [5, 5.41) is 3.17. The second-order valence-corrected chi connectivity index (χ2v) is 3.01. The molecule has 1 N–H and O–H groups in total. The van der Waals surface area contributed by atoms with Gasteiger partial charge in [-0.1, -0.05) is 13.8 Å². The molecule has 0 aromatic heterocycles. The molecule has 10 heavy (non-hydrogen) atoms. The molecule has 0 spiro atoms. The van der Waals surface area contributed by atoms with Crippen molar-refractivity contribution in [3.63, 3.8) is 0 Å². The summed E-state index contributed by atoms with van der Waals surface area (Å²) in [5.74, 6) is 1.21. The van der Waals surface area contributed by atoms with Crippen molar-refractivity contribution in [3.8, 4) is 0 Å². The zero-order valence-electron chi connectivity index (χ0n) is 6.61. The fraction of sp³-hybridized carbons (Fsp3) is 0.750. The van der Waals surface area contributed by atoms with Crippen molar-refractivity contribution in [3.05, 3.63) is 5.92 Å². The first-order valence-corrected chi connectivity index (χ1v) is 3.79. The van der Waals surface area contributed by atoms with E-state index in [-0.39, 0.29) is 11.8 Å². The molecule has 1 saturated heterocycles. The number of hydrogen-bond acceptors (Lipinski definition) is 2. The molecule has 0 aromatic carbocycles. The van der Waals surface area contributed by atoms with E-state index in [4.69, 9.17) is 0 Å². The standard InChI is InChI=1S/C8H14NO/c1-6(2)8(10)7-4-3-5-9-7/h7,9H,3-5H2,1-2H3/t7-/m0/s1. The Hall–Kier alpha value is -0.370. The van der Waals surface area contributed by atoms with Crippen LogP contribution >= 0.6 is 0 Å². The van der Waals surface area contributed by atoms with Crippen molar-refractivity contribution in [1.82, 2.24) is 5.32 Å². The summed E-state index contributed by atoms with van der Waals surface area (Å²) in [6.45, 7) is 4.76. The molecule has 0 aliphatic carbocycles. The van der Waals surface area contributed by atoms with Gasteiger partial charge in [0.05, 0.1) is 6.04 Å². The summed E-state index contributed by atoms with van der Waals surface area (Å²) < 4.78 is 0. The molecule has 1 aliphatic rings. The molecule has 1 aliphatic heterocycles. The van der Waals surface area contributed by atoms with Crippen molar-refractivity contribution >= 4 is 5.78 Å². The predicted octanol–water partition coefficient (Wildman–Crippen LogP) is 0.922. The lowest BCUT2D eigenvalue weighted by Gasteiger charge is -2.10. The van der Waals surface area contributed by atoms with E-state index < -0.39 is 0 Å². The summed E-state index contributed by atoms with van der Waals surface area (Å²) in [6.07, 6.45) is 2.16. The van der Waals surface area contributed by atoms with Crippen molar-refractivity contribution in [1.29, 1.82) is 0 Å². The third kappa shape index (κ3) is 1.57. The zero-order chi connectivity index (χ0) is 7.56. The molecular formula is C8H14NO. The van der Waals surface area contributed by atoms with Crippen LogP contribution in [0.25, 0.3) is 0 Å². The van der Waals surface area contributed by atoms with Gasteiger partial charge in [0.15, 0.2) is 5.78 Å². The molecule has 1 fully saturated rings. The van der Waals surface area contributed by atoms with Crippen LogP contribution in [0, 0.1) is 5.92 Å². The summed E-state index contributed by atoms with van der Waals surface area (Å²) in [5.41, 5.74) is 0. The molecular weight excluding hydrogens is 126 g/mol. The Morgan fingerprint density at radius 3 is 2.60 bits per heavy atom. The van der Waals surface area contributed by atoms with E-state index in [2.05, 4.69) is 5.32 Å². The van der Waals surface area contributed by atoms with Gasteiger partial charge in [-0.15, -0.1) is 0 Å². The molecule has 1 heterocycles. The molecule has 1 rings (SSSR count). The highest BCUT2D eigenvalue weighted by Crippen LogP contribution is 2.11. The number of nitrogens with one attached hydrogen (secondary N) is 1. The average Bonchev–Trinajstić information content (AvgIpc) is 2.36. The van der Waals surface area contributed by atoms with Crippen molar-refractivity contribution in [2.24, 2.45) is 0 Å². The maximum atomic E-state index is 11.2. The summed E-state index contributed by atoms with van der Waals surface area (Å²) in [4.78, 5) is 11.2. The highest BCUT2D eigenvalue weighted by atomic mass is 16.1. The Kier molecular flexibility index (Phi) is 2.44. The minimum Gasteiger partial charge on any atom is -0.307 e. The van der Waals surface area contributed by atoms with Gasteiger partial charge in [0.2, 0.25) is 0 Å². The van der Waals surface area contributed by atoms with Crippen LogP contribution in [-0.4, -0.2) is 18.4 Å². The molecule has 0 amide bonds. The van der Waals surface area contributed by atoms with Crippen LogP contribution in [0.1, 0.15) is 26.7 Å². The van der Waals surface area contributed by atoms with Crippen LogP contribution in [0.5, 0.6) is 0 Å². The number of rotatable bonds is 2. The second kappa shape index (κ2) is 3.15. The highest BCUT2D eigenvalue weighted by molar-refractivity contribution is 5.95. The summed E-state index contributed by atoms with van der Waals surface area (Å²) >= 11 is 0. The first-order chi connectivity index (χ1) is 4.72. The second-order valence-electron chi connectivity index (χ2n) is 3.01. The van der Waals surface area contributed by atoms with Gasteiger partial charge in [0, 0.05) is 5.92 Å². The van der Waals surface area contributed by atoms with Crippen LogP contribution in [-0.2, 0) is 4.79 Å². The van der Waals surface area contributed by atoms with E-state index in [0.29, 0.717) is 0 Å². The molecule has 1 radical (unpaired) electrons. The molecule has 57 valence electrons. The number of Topliss-reactive ketones (excluding diaryl/α,β-unsaturated/α-hetero) is 1. The lowest BCUT2D eigenvalue weighted by atomic mass is 10.0. The third-order valence-electron chi connectivity index (χ3n) is 1.87. The lowest BCUT2D eigenvalue weighted by molar-refractivity contribution is -0.118. The lowest BCUT2D eigenvalue weighted by Crippen LogP contribution is -2.32. The van der Waals surface area contributed by atoms with Gasteiger partial charge < -0.3 is 5.32 Å². The first-order valence-electron chi connectivity index (χ1n) is 3.79. The molecule has 0 aromatic rings. The van der Waals surface area contributed by atoms with Crippen molar-refractivity contribution < 1.29 is 4.79 Å². The van der Waals surface area contributed by atoms with Gasteiger partial charge in [-0.3, -0.25) is 4.79 Å². The quantitative estimate of drug-likeness (QED) is 0.618. The minimum absolute atomic E-state index is 0.130. The number of hydrogen-bond donors (Lipinski definition) is 1. The van der Waals surface area contributed by atoms with Crippen LogP contribution in [0.3, 0.4) is 0 Å². The Balaban J connectivity index is 2.40. The largest absolute Gasteiger partial charge is 0.307 e. The molecule has 0 saturated carbocycles. The van der Waals surface area contributed by atoms with Gasteiger partial charge >= 0.3 is 0 Å². The molecule has 2 nitrogen and oxygen atoms in total. The van der Waals surface area contributed by atoms with E-state index >= 15 is 0 Å². The van der Waals surface area contributed by atoms with Gasteiger partial charge in [-0.05, 0) is 19.4 Å². The van der Waals surface area contributed by atoms with E-state index in [0.717, 1.165) is 25.3 Å². The maximum Gasteiger partial charge on any atom is 0.156 e. The molecule has 1 atom stereocenters. The Labute approximate surface area is 62.0 Å². The zero-order valence-corrected chi connectivity index (χ0v) is 6.61. The summed E-state index contributed by atoms with van der Waals surface area (Å²) in [6, 6.07) is 0.130. The van der Waals surface area contributed by atoms with E-state index in [1.54, 1.807) is 0 Å². The van der Waals surface area contributed by atoms with E-state index in [9.17, 15) is 4.79 Å². The SMILES string of the molecule is C[C](C)C(=O)[C@@H]1CCCN1. The first kappa shape index (κ1) is 7.73. The minimum atomic E-state index is 0.130. The van der Waals surface area contributed by atoms with Gasteiger partial charge in [-0.2, -0.15) is 0 Å². The fourth-order valence-electron chi connectivity index (χ4n) is 1.26. The fourth-order valence-corrected chi connectivity index (χ4v) is 1.26. The highest BCUT2D eigenvalue weighted by Gasteiger charge is 2.23. The Morgan fingerprint density at radius 2 is 2.20 bits per heavy atom. The number of carbonyl (C=O) groups excluding carboxylic acids is 1. The van der Waals surface area contributed by atoms with Crippen LogP contribution in [0.15, 0.2) is 0 Å². The summed E-state index contributed by atoms with van der Waals surface area (Å²) in [7, 11) is 0. The molecule has 0 unspecified atom stereocenters. The average molecular weight is 140 g/mol. The third-order valence-corrected chi connectivity index (χ3v) is 1.87. The number of ketones is 1. The van der Waals surface area contributed by atoms with Gasteiger partial charge in [0.1, 0.15) is 0 Å². The normalized spacial score (nSPS) is 25.7. The Morgan fingerprint density at radius 1 is 1.50 bits per heavy atom. The monoisotopic (exact) mass is 140 g/mol. The van der Waals surface area contributed by atoms with Crippen LogP contribution in [0.2, 0.25) is 0 Å².